The van der Waals surface area contributed by atoms with Gasteiger partial charge in [0.2, 0.25) is 11.8 Å². The van der Waals surface area contributed by atoms with E-state index in [0.717, 1.165) is 58.4 Å². The van der Waals surface area contributed by atoms with Crippen molar-refractivity contribution in [3.8, 4) is 22.5 Å². The van der Waals surface area contributed by atoms with Crippen LogP contribution in [0.3, 0.4) is 0 Å². The minimum atomic E-state index is -1.76. The van der Waals surface area contributed by atoms with Gasteiger partial charge in [0.15, 0.2) is 0 Å². The van der Waals surface area contributed by atoms with Crippen LogP contribution in [0.5, 0.6) is 0 Å². The first-order valence-corrected chi connectivity index (χ1v) is 26.3. The highest BCUT2D eigenvalue weighted by atomic mass is 32.1. The molecule has 5 aliphatic rings. The van der Waals surface area contributed by atoms with Crippen molar-refractivity contribution in [1.29, 1.82) is 0 Å². The zero-order valence-electron chi connectivity index (χ0n) is 42.4. The van der Waals surface area contributed by atoms with Gasteiger partial charge in [0.05, 0.1) is 45.0 Å². The van der Waals surface area contributed by atoms with Gasteiger partial charge < -0.3 is 34.1 Å². The number of ether oxygens (including phenoxy) is 2. The molecule has 3 saturated heterocycles. The average Bonchev–Trinajstić information content (AvgIpc) is 4.07. The number of urea groups is 1. The van der Waals surface area contributed by atoms with Gasteiger partial charge >= 0.3 is 12.0 Å². The third-order valence-corrected chi connectivity index (χ3v) is 16.8. The fourth-order valence-electron chi connectivity index (χ4n) is 11.5. The van der Waals surface area contributed by atoms with E-state index in [1.807, 2.05) is 31.4 Å². The number of likely N-dealkylation sites (N-methyl/N-ethyl adjacent to an activating group) is 3. The van der Waals surface area contributed by atoms with Crippen molar-refractivity contribution in [1.82, 2.24) is 49.9 Å². The molecule has 377 valence electrons. The average molecular weight is 1000 g/mol. The van der Waals surface area contributed by atoms with Crippen LogP contribution < -0.4 is 10.7 Å². The topological polar surface area (TPSA) is 175 Å². The van der Waals surface area contributed by atoms with E-state index >= 15 is 4.79 Å². The number of hydrogen-bond donors (Lipinski definition) is 2. The number of cyclic esters (lactones) is 1. The molecular weight excluding hydrogens is 937 g/mol. The number of pyridine rings is 1. The molecule has 2 N–H and O–H groups in total. The molecule has 1 aliphatic carbocycles. The molecule has 19 heteroatoms. The van der Waals surface area contributed by atoms with Gasteiger partial charge in [-0.1, -0.05) is 39.8 Å². The van der Waals surface area contributed by atoms with E-state index in [0.29, 0.717) is 43.2 Å². The van der Waals surface area contributed by atoms with E-state index in [1.54, 1.807) is 43.3 Å². The van der Waals surface area contributed by atoms with Gasteiger partial charge in [0.25, 0.3) is 5.91 Å². The predicted octanol–water partition coefficient (Wildman–Crippen LogP) is 5.10. The van der Waals surface area contributed by atoms with Crippen molar-refractivity contribution in [3.63, 3.8) is 0 Å². The van der Waals surface area contributed by atoms with Crippen LogP contribution in [-0.2, 0) is 41.6 Å². The number of hydrogen-bond acceptors (Lipinski definition) is 12. The van der Waals surface area contributed by atoms with E-state index in [1.165, 1.54) is 21.2 Å². The van der Waals surface area contributed by atoms with Crippen molar-refractivity contribution in [2.45, 2.75) is 115 Å². The number of hydrazine groups is 1. The van der Waals surface area contributed by atoms with Gasteiger partial charge in [0, 0.05) is 111 Å². The monoisotopic (exact) mass is 1000 g/mol. The number of carbonyl (C=O) groups excluding carboxylic acids is 5. The number of esters is 1. The summed E-state index contributed by atoms with van der Waals surface area (Å²) in [5.41, 5.74) is 9.11. The molecule has 6 bridgehead atoms. The maximum atomic E-state index is 15.0. The molecule has 71 heavy (non-hydrogen) atoms. The van der Waals surface area contributed by atoms with E-state index in [9.17, 15) is 19.2 Å². The van der Waals surface area contributed by atoms with Gasteiger partial charge in [-0.05, 0) is 81.9 Å². The third-order valence-electron chi connectivity index (χ3n) is 15.4. The molecule has 0 spiro atoms. The van der Waals surface area contributed by atoms with Crippen molar-refractivity contribution >= 4 is 62.2 Å². The summed E-state index contributed by atoms with van der Waals surface area (Å²) in [4.78, 5) is 88.1. The Hall–Kier alpha value is -5.47. The number of aromatic nitrogens is 3. The van der Waals surface area contributed by atoms with E-state index in [4.69, 9.17) is 19.4 Å². The van der Waals surface area contributed by atoms with Crippen molar-refractivity contribution in [2.75, 3.05) is 61.0 Å². The zero-order valence-corrected chi connectivity index (χ0v) is 44.2. The number of carbonyl (C=O) groups is 5. The van der Waals surface area contributed by atoms with Crippen LogP contribution in [0, 0.1) is 11.3 Å². The summed E-state index contributed by atoms with van der Waals surface area (Å²) in [7, 11) is 10.9. The first kappa shape index (κ1) is 50.5. The smallest absolute Gasteiger partial charge is 0.324 e. The molecule has 17 nitrogen and oxygen atoms in total. The molecule has 6 atom stereocenters. The fourth-order valence-corrected chi connectivity index (χ4v) is 12.9. The highest BCUT2D eigenvalue weighted by molar-refractivity contribution is 7.10. The molecule has 0 saturated carbocycles. The largest absolute Gasteiger partial charge is 0.464 e. The minimum Gasteiger partial charge on any atom is -0.464 e. The quantitative estimate of drug-likeness (QED) is 0.130. The molecule has 3 fully saturated rings. The third kappa shape index (κ3) is 9.32. The molecule has 7 heterocycles. The van der Waals surface area contributed by atoms with Crippen LogP contribution in [-0.4, -0.2) is 169 Å². The Morgan fingerprint density at radius 3 is 2.58 bits per heavy atom. The lowest BCUT2D eigenvalue weighted by molar-refractivity contribution is -0.157. The number of methoxy groups -OCH3 is 1. The SMILES string of the molecule is CCn1c2c3c4cc(ccc41)-c1csc(n1)C[C@]([Si])(NC(=O)[C@H](C(C)C)N(C)C(=O)N(C)C1CN(C(=O)/C=C/[C@H]4CCCN4C)C1)C(=O)N1CCC[C@H](N1)C(=O)OCC(C)(C)C3[C@H](OC)c1ncccc1-2. The van der Waals surface area contributed by atoms with E-state index < -0.39 is 46.5 Å². The summed E-state index contributed by atoms with van der Waals surface area (Å²) in [5, 5.41) is 6.22. The number of rotatable bonds is 9. The second-order valence-corrected chi connectivity index (χ2v) is 22.8. The van der Waals surface area contributed by atoms with Crippen LogP contribution in [0.1, 0.15) is 88.6 Å². The molecule has 4 aromatic rings. The molecule has 1 aromatic carbocycles. The highest BCUT2D eigenvalue weighted by Crippen LogP contribution is 2.57. The van der Waals surface area contributed by atoms with Gasteiger partial charge in [-0.2, -0.15) is 0 Å². The van der Waals surface area contributed by atoms with Crippen LogP contribution in [0.2, 0.25) is 0 Å². The summed E-state index contributed by atoms with van der Waals surface area (Å²) in [6.07, 6.45) is 7.96. The van der Waals surface area contributed by atoms with Crippen LogP contribution >= 0.6 is 11.3 Å². The van der Waals surface area contributed by atoms with Crippen LogP contribution in [0.25, 0.3) is 33.4 Å². The van der Waals surface area contributed by atoms with Crippen molar-refractivity contribution in [2.24, 2.45) is 11.3 Å². The summed E-state index contributed by atoms with van der Waals surface area (Å²) in [5.74, 6) is -2.30. The molecule has 9 rings (SSSR count). The summed E-state index contributed by atoms with van der Waals surface area (Å²) in [6.45, 7) is 12.8. The van der Waals surface area contributed by atoms with E-state index in [-0.39, 0.29) is 55.4 Å². The Morgan fingerprint density at radius 1 is 1.11 bits per heavy atom. The van der Waals surface area contributed by atoms with Gasteiger partial charge in [-0.15, -0.1) is 11.3 Å². The Morgan fingerprint density at radius 2 is 1.87 bits per heavy atom. The molecule has 3 aromatic heterocycles. The lowest BCUT2D eigenvalue weighted by Gasteiger charge is -2.45. The first-order valence-electron chi connectivity index (χ1n) is 24.9. The maximum Gasteiger partial charge on any atom is 0.324 e. The number of likely N-dealkylation sites (tertiary alicyclic amines) is 2. The number of nitrogens with one attached hydrogen (secondary N) is 2. The summed E-state index contributed by atoms with van der Waals surface area (Å²) >= 11 is 1.38. The summed E-state index contributed by atoms with van der Waals surface area (Å²) in [6, 6.07) is 8.20. The summed E-state index contributed by atoms with van der Waals surface area (Å²) < 4.78 is 14.9. The Balaban J connectivity index is 1.02. The number of amides is 5. The minimum absolute atomic E-state index is 0.0500. The highest BCUT2D eigenvalue weighted by Gasteiger charge is 2.49. The fraction of sp³-hybridized carbons (Fsp3) is 0.558. The van der Waals surface area contributed by atoms with E-state index in [2.05, 4.69) is 82.5 Å². The number of aryl methyl sites for hydroxylation is 1. The molecule has 1 unspecified atom stereocenters. The molecule has 4 aliphatic heterocycles. The molecule has 3 radical (unpaired) electrons. The second-order valence-electron chi connectivity index (χ2n) is 21.0. The Labute approximate surface area is 423 Å². The number of fused-ring (bicyclic) bond motifs is 8. The zero-order chi connectivity index (χ0) is 50.7. The van der Waals surface area contributed by atoms with Gasteiger partial charge in [-0.3, -0.25) is 34.1 Å². The number of nitrogens with zero attached hydrogens (tertiary/aromatic N) is 8. The lowest BCUT2D eigenvalue weighted by atomic mass is 9.67. The Bertz CT molecular complexity index is 2750. The lowest BCUT2D eigenvalue weighted by Crippen LogP contribution is -2.69. The van der Waals surface area contributed by atoms with Crippen LogP contribution in [0.15, 0.2) is 54.1 Å². The molecule has 5 amide bonds. The number of benzene rings is 1. The predicted molar refractivity (Wildman–Crippen MR) is 272 cm³/mol. The van der Waals surface area contributed by atoms with Crippen molar-refractivity contribution in [3.05, 3.63) is 70.3 Å². The first-order chi connectivity index (χ1) is 33.8. The van der Waals surface area contributed by atoms with Crippen molar-refractivity contribution < 1.29 is 33.4 Å². The van der Waals surface area contributed by atoms with Crippen LogP contribution in [0.4, 0.5) is 4.79 Å². The van der Waals surface area contributed by atoms with Gasteiger partial charge in [-0.25, -0.2) is 15.2 Å². The normalized spacial score (nSPS) is 25.2. The number of thiazole rings is 1. The standard InChI is InChI=1S/C52H67N10O7SSi/c1-10-61-38-19-17-31-24-35(38)41-42(46(68-9)43-34(45(41)61)15-11-21-53-43)51(4,5)29-69-48(65)36-16-13-23-62(56-36)49(66)52(71,25-39-54-37(31)28-70-39)55-47(64)44(30(2)3)59(8)50(67)58(7)33-26-60(27-33)40(63)20-18-32-14-12-22-57(32)6/h11,15,17-21,24,28,30,32-33,36,42,44,46,56H,10,12-14,16,22-23,25-27,29H2,1-9H3,(H,55,64)/b20-18+/t32-,36+,42?,44+,46+,52-/m1/s1. The Kier molecular flexibility index (Phi) is 14.1. The van der Waals surface area contributed by atoms with Gasteiger partial charge in [0.1, 0.15) is 23.3 Å². The second kappa shape index (κ2) is 19.9. The maximum absolute atomic E-state index is 15.0. The molecular formula is C52H67N10O7SSi.